The molecule has 0 aliphatic carbocycles. The SMILES string of the molecule is CCCCOC(=O)c1cc(CCCS(=O)(=O)c2ccccc2)n(CC)n1. The maximum atomic E-state index is 12.3. The highest BCUT2D eigenvalue weighted by Gasteiger charge is 2.17. The number of hydrogen-bond acceptors (Lipinski definition) is 5. The van der Waals surface area contributed by atoms with Crippen molar-refractivity contribution in [3.05, 3.63) is 47.8 Å². The molecule has 26 heavy (non-hydrogen) atoms. The van der Waals surface area contributed by atoms with Crippen LogP contribution in [0.15, 0.2) is 41.3 Å². The van der Waals surface area contributed by atoms with Crippen molar-refractivity contribution in [1.29, 1.82) is 0 Å². The van der Waals surface area contributed by atoms with Gasteiger partial charge < -0.3 is 4.74 Å². The summed E-state index contributed by atoms with van der Waals surface area (Å²) in [6.07, 6.45) is 2.78. The minimum Gasteiger partial charge on any atom is -0.461 e. The molecule has 0 saturated carbocycles. The molecule has 7 heteroatoms. The Labute approximate surface area is 155 Å². The van der Waals surface area contributed by atoms with Crippen molar-refractivity contribution in [2.45, 2.75) is 51.0 Å². The van der Waals surface area contributed by atoms with Gasteiger partial charge in [0.2, 0.25) is 0 Å². The van der Waals surface area contributed by atoms with Crippen LogP contribution >= 0.6 is 0 Å². The van der Waals surface area contributed by atoms with Crippen LogP contribution in [0.4, 0.5) is 0 Å². The number of carbonyl (C=O) groups is 1. The molecule has 1 aromatic carbocycles. The van der Waals surface area contributed by atoms with Crippen LogP contribution in [0, 0.1) is 0 Å². The normalized spacial score (nSPS) is 11.5. The van der Waals surface area contributed by atoms with Gasteiger partial charge >= 0.3 is 5.97 Å². The first-order valence-electron chi connectivity index (χ1n) is 8.99. The Balaban J connectivity index is 1.98. The van der Waals surface area contributed by atoms with Gasteiger partial charge in [0.25, 0.3) is 0 Å². The Bertz CT molecular complexity index is 813. The average Bonchev–Trinajstić information content (AvgIpc) is 3.06. The molecular formula is C19H26N2O4S. The second-order valence-corrected chi connectivity index (χ2v) is 8.17. The highest BCUT2D eigenvalue weighted by Crippen LogP contribution is 2.14. The quantitative estimate of drug-likeness (QED) is 0.468. The predicted octanol–water partition coefficient (Wildman–Crippen LogP) is 3.27. The summed E-state index contributed by atoms with van der Waals surface area (Å²) < 4.78 is 31.6. The smallest absolute Gasteiger partial charge is 0.358 e. The largest absolute Gasteiger partial charge is 0.461 e. The van der Waals surface area contributed by atoms with E-state index >= 15 is 0 Å². The second kappa shape index (κ2) is 9.52. The summed E-state index contributed by atoms with van der Waals surface area (Å²) in [6.45, 7) is 4.96. The van der Waals surface area contributed by atoms with E-state index in [2.05, 4.69) is 5.10 Å². The van der Waals surface area contributed by atoms with Crippen molar-refractivity contribution in [3.63, 3.8) is 0 Å². The van der Waals surface area contributed by atoms with E-state index in [1.54, 1.807) is 41.1 Å². The van der Waals surface area contributed by atoms with Crippen LogP contribution in [0.1, 0.15) is 49.3 Å². The number of esters is 1. The van der Waals surface area contributed by atoms with Crippen LogP contribution in [0.5, 0.6) is 0 Å². The zero-order chi connectivity index (χ0) is 19.0. The number of sulfone groups is 1. The molecule has 0 saturated heterocycles. The molecular weight excluding hydrogens is 352 g/mol. The van der Waals surface area contributed by atoms with Crippen molar-refractivity contribution in [3.8, 4) is 0 Å². The Morgan fingerprint density at radius 3 is 2.54 bits per heavy atom. The van der Waals surface area contributed by atoms with E-state index in [1.807, 2.05) is 13.8 Å². The highest BCUT2D eigenvalue weighted by atomic mass is 32.2. The van der Waals surface area contributed by atoms with E-state index in [-0.39, 0.29) is 11.4 Å². The lowest BCUT2D eigenvalue weighted by Crippen LogP contribution is -2.10. The van der Waals surface area contributed by atoms with E-state index in [1.165, 1.54) is 0 Å². The fraction of sp³-hybridized carbons (Fsp3) is 0.474. The van der Waals surface area contributed by atoms with E-state index in [0.29, 0.717) is 30.9 Å². The maximum absolute atomic E-state index is 12.3. The van der Waals surface area contributed by atoms with Crippen LogP contribution in [0.2, 0.25) is 0 Å². The van der Waals surface area contributed by atoms with Crippen molar-refractivity contribution in [2.24, 2.45) is 0 Å². The Morgan fingerprint density at radius 1 is 1.15 bits per heavy atom. The lowest BCUT2D eigenvalue weighted by molar-refractivity contribution is 0.0492. The number of aryl methyl sites for hydroxylation is 2. The van der Waals surface area contributed by atoms with Gasteiger partial charge in [-0.15, -0.1) is 0 Å². The van der Waals surface area contributed by atoms with Crippen LogP contribution < -0.4 is 0 Å². The molecule has 0 aliphatic heterocycles. The van der Waals surface area contributed by atoms with Gasteiger partial charge in [-0.3, -0.25) is 4.68 Å². The van der Waals surface area contributed by atoms with Gasteiger partial charge in [0, 0.05) is 12.2 Å². The molecule has 1 aromatic heterocycles. The van der Waals surface area contributed by atoms with Crippen LogP contribution in [0.3, 0.4) is 0 Å². The third-order valence-corrected chi connectivity index (χ3v) is 5.87. The van der Waals surface area contributed by atoms with Gasteiger partial charge in [0.15, 0.2) is 15.5 Å². The number of rotatable bonds is 10. The number of hydrogen-bond donors (Lipinski definition) is 0. The Morgan fingerprint density at radius 2 is 1.88 bits per heavy atom. The van der Waals surface area contributed by atoms with Crippen molar-refractivity contribution in [2.75, 3.05) is 12.4 Å². The molecule has 142 valence electrons. The monoisotopic (exact) mass is 378 g/mol. The third-order valence-electron chi connectivity index (χ3n) is 4.05. The van der Waals surface area contributed by atoms with Gasteiger partial charge in [0.1, 0.15) is 0 Å². The summed E-state index contributed by atoms with van der Waals surface area (Å²) in [7, 11) is -3.30. The summed E-state index contributed by atoms with van der Waals surface area (Å²) in [5.74, 6) is -0.369. The fourth-order valence-corrected chi connectivity index (χ4v) is 3.93. The van der Waals surface area contributed by atoms with E-state index in [0.717, 1.165) is 18.5 Å². The zero-order valence-electron chi connectivity index (χ0n) is 15.3. The standard InChI is InChI=1S/C19H26N2O4S/c1-3-5-13-25-19(22)18-15-16(21(4-2)20-18)10-9-14-26(23,24)17-11-7-6-8-12-17/h6-8,11-12,15H,3-5,9-10,13-14H2,1-2H3. The summed E-state index contributed by atoms with van der Waals surface area (Å²) in [5, 5.41) is 4.27. The van der Waals surface area contributed by atoms with Crippen molar-refractivity contribution in [1.82, 2.24) is 9.78 Å². The Kier molecular flexibility index (Phi) is 7.38. The molecule has 2 aromatic rings. The Hall–Kier alpha value is -2.15. The van der Waals surface area contributed by atoms with E-state index in [9.17, 15) is 13.2 Å². The lowest BCUT2D eigenvalue weighted by atomic mass is 10.2. The first kappa shape index (κ1) is 20.2. The minimum atomic E-state index is -3.30. The first-order valence-corrected chi connectivity index (χ1v) is 10.6. The summed E-state index contributed by atoms with van der Waals surface area (Å²) >= 11 is 0. The average molecular weight is 378 g/mol. The molecule has 0 unspecified atom stereocenters. The molecule has 6 nitrogen and oxygen atoms in total. The molecule has 0 radical (unpaired) electrons. The van der Waals surface area contributed by atoms with Gasteiger partial charge in [-0.2, -0.15) is 5.10 Å². The van der Waals surface area contributed by atoms with Gasteiger partial charge in [-0.05, 0) is 44.4 Å². The molecule has 0 fully saturated rings. The fourth-order valence-electron chi connectivity index (χ4n) is 2.60. The van der Waals surface area contributed by atoms with Crippen LogP contribution in [0.25, 0.3) is 0 Å². The molecule has 1 heterocycles. The number of carbonyl (C=O) groups excluding carboxylic acids is 1. The van der Waals surface area contributed by atoms with Crippen LogP contribution in [-0.2, 0) is 27.5 Å². The number of nitrogens with zero attached hydrogens (tertiary/aromatic N) is 2. The second-order valence-electron chi connectivity index (χ2n) is 6.06. The number of benzene rings is 1. The van der Waals surface area contributed by atoms with Crippen LogP contribution in [-0.4, -0.2) is 36.5 Å². The molecule has 0 spiro atoms. The molecule has 0 atom stereocenters. The topological polar surface area (TPSA) is 78.3 Å². The lowest BCUT2D eigenvalue weighted by Gasteiger charge is -2.06. The number of aromatic nitrogens is 2. The molecule has 0 aliphatic rings. The van der Waals surface area contributed by atoms with Gasteiger partial charge in [0.05, 0.1) is 17.3 Å². The van der Waals surface area contributed by atoms with Crippen molar-refractivity contribution >= 4 is 15.8 Å². The summed E-state index contributed by atoms with van der Waals surface area (Å²) in [5.41, 5.74) is 1.13. The predicted molar refractivity (Wildman–Crippen MR) is 99.9 cm³/mol. The van der Waals surface area contributed by atoms with Crippen molar-refractivity contribution < 1.29 is 17.9 Å². The molecule has 0 N–H and O–H groups in total. The molecule has 0 bridgehead atoms. The number of unbranched alkanes of at least 4 members (excludes halogenated alkanes) is 1. The maximum Gasteiger partial charge on any atom is 0.358 e. The summed E-state index contributed by atoms with van der Waals surface area (Å²) in [6, 6.07) is 10.1. The van der Waals surface area contributed by atoms with Gasteiger partial charge in [-0.25, -0.2) is 13.2 Å². The molecule has 0 amide bonds. The highest BCUT2D eigenvalue weighted by molar-refractivity contribution is 7.91. The third kappa shape index (κ3) is 5.42. The minimum absolute atomic E-state index is 0.0577. The van der Waals surface area contributed by atoms with Gasteiger partial charge in [-0.1, -0.05) is 31.5 Å². The summed E-state index contributed by atoms with van der Waals surface area (Å²) in [4.78, 5) is 12.4. The first-order chi connectivity index (χ1) is 12.5. The zero-order valence-corrected chi connectivity index (χ0v) is 16.2. The number of ether oxygens (including phenoxy) is 1. The molecule has 2 rings (SSSR count). The van der Waals surface area contributed by atoms with E-state index < -0.39 is 15.8 Å². The van der Waals surface area contributed by atoms with E-state index in [4.69, 9.17) is 4.74 Å².